The molecule has 1 fully saturated rings. The number of anilines is 2. The number of halogens is 3. The number of hydrazine groups is 1. The Morgan fingerprint density at radius 3 is 2.46 bits per heavy atom. The van der Waals surface area contributed by atoms with Crippen molar-refractivity contribution in [2.75, 3.05) is 50.2 Å². The van der Waals surface area contributed by atoms with Gasteiger partial charge in [-0.15, -0.1) is 0 Å². The average Bonchev–Trinajstić information content (AvgIpc) is 2.83. The van der Waals surface area contributed by atoms with Gasteiger partial charge in [0.15, 0.2) is 23.2 Å². The number of ether oxygens (including phenoxy) is 1. The summed E-state index contributed by atoms with van der Waals surface area (Å²) in [5.74, 6) is -3.07. The summed E-state index contributed by atoms with van der Waals surface area (Å²) in [5, 5.41) is -0.00773. The van der Waals surface area contributed by atoms with Crippen LogP contribution >= 0.6 is 0 Å². The molecular weight excluding hydrogens is 463 g/mol. The number of rotatable bonds is 4. The number of piperazine rings is 1. The van der Waals surface area contributed by atoms with Crippen LogP contribution in [-0.2, 0) is 0 Å². The predicted octanol–water partition coefficient (Wildman–Crippen LogP) is 2.88. The maximum atomic E-state index is 15.4. The van der Waals surface area contributed by atoms with Crippen LogP contribution in [0.5, 0.6) is 5.75 Å². The van der Waals surface area contributed by atoms with Gasteiger partial charge < -0.3 is 19.1 Å². The van der Waals surface area contributed by atoms with E-state index in [4.69, 9.17) is 4.74 Å². The van der Waals surface area contributed by atoms with Crippen LogP contribution in [-0.4, -0.2) is 55.2 Å². The molecule has 1 aromatic heterocycles. The number of nitrogens with zero attached hydrogens (tertiary/aromatic N) is 3. The minimum atomic E-state index is -0.912. The Morgan fingerprint density at radius 1 is 1.09 bits per heavy atom. The van der Waals surface area contributed by atoms with Gasteiger partial charge in [0.1, 0.15) is 23.5 Å². The van der Waals surface area contributed by atoms with Crippen LogP contribution in [0, 0.1) is 17.5 Å². The number of amides is 1. The summed E-state index contributed by atoms with van der Waals surface area (Å²) in [4.78, 5) is 30.1. The molecule has 2 aliphatic rings. The Hall–Kier alpha value is -3.73. The molecule has 11 heteroatoms. The highest BCUT2D eigenvalue weighted by Crippen LogP contribution is 2.42. The van der Waals surface area contributed by atoms with Crippen molar-refractivity contribution in [3.8, 4) is 5.75 Å². The number of likely N-dealkylation sites (N-methyl/N-ethyl adjacent to an activating group) is 1. The fourth-order valence-corrected chi connectivity index (χ4v) is 4.50. The van der Waals surface area contributed by atoms with Gasteiger partial charge in [-0.25, -0.2) is 13.2 Å². The number of aromatic nitrogens is 1. The average molecular weight is 487 g/mol. The quantitative estimate of drug-likeness (QED) is 0.551. The summed E-state index contributed by atoms with van der Waals surface area (Å²) in [7, 11) is 2.00. The van der Waals surface area contributed by atoms with Gasteiger partial charge in [0.05, 0.1) is 16.9 Å². The Balaban J connectivity index is 1.57. The van der Waals surface area contributed by atoms with Crippen LogP contribution in [0.4, 0.5) is 24.5 Å². The topological polar surface area (TPSA) is 78.8 Å². The van der Waals surface area contributed by atoms with Crippen molar-refractivity contribution in [2.24, 2.45) is 0 Å². The molecule has 0 spiro atoms. The lowest BCUT2D eigenvalue weighted by molar-refractivity contribution is 0.0960. The van der Waals surface area contributed by atoms with Gasteiger partial charge in [-0.1, -0.05) is 6.07 Å². The third kappa shape index (κ3) is 3.95. The molecule has 1 saturated heterocycles. The third-order valence-corrected chi connectivity index (χ3v) is 6.47. The fraction of sp³-hybridized carbons (Fsp3) is 0.333. The zero-order valence-electron chi connectivity index (χ0n) is 19.2. The number of para-hydroxylation sites is 1. The van der Waals surface area contributed by atoms with Crippen LogP contribution in [0.1, 0.15) is 23.3 Å². The summed E-state index contributed by atoms with van der Waals surface area (Å²) in [6.07, 6.45) is 1.38. The molecule has 0 aliphatic carbocycles. The van der Waals surface area contributed by atoms with Crippen LogP contribution in [0.2, 0.25) is 0 Å². The van der Waals surface area contributed by atoms with Crippen molar-refractivity contribution in [3.63, 3.8) is 0 Å². The van der Waals surface area contributed by atoms with E-state index in [1.165, 1.54) is 12.3 Å². The lowest BCUT2D eigenvalue weighted by atomic mass is 10.0. The lowest BCUT2D eigenvalue weighted by Crippen LogP contribution is -2.45. The molecule has 0 saturated carbocycles. The smallest absolute Gasteiger partial charge is 0.275 e. The van der Waals surface area contributed by atoms with Crippen LogP contribution in [0.15, 0.2) is 35.3 Å². The Morgan fingerprint density at radius 2 is 1.77 bits per heavy atom. The molecule has 1 atom stereocenters. The van der Waals surface area contributed by atoms with E-state index < -0.39 is 34.5 Å². The van der Waals surface area contributed by atoms with Gasteiger partial charge in [0.25, 0.3) is 5.91 Å². The van der Waals surface area contributed by atoms with E-state index in [2.05, 4.69) is 15.8 Å². The zero-order chi connectivity index (χ0) is 24.9. The molecule has 5 rings (SSSR count). The Labute approximate surface area is 198 Å². The minimum Gasteiger partial charge on any atom is -0.487 e. The van der Waals surface area contributed by atoms with Crippen molar-refractivity contribution >= 4 is 28.2 Å². The molecule has 0 radical (unpaired) electrons. The number of hydrogen-bond donors (Lipinski definition) is 2. The summed E-state index contributed by atoms with van der Waals surface area (Å²) in [6, 6.07) is 4.12. The number of benzene rings is 2. The van der Waals surface area contributed by atoms with Crippen LogP contribution < -0.4 is 25.9 Å². The molecule has 2 aromatic carbocycles. The van der Waals surface area contributed by atoms with Crippen molar-refractivity contribution in [3.05, 3.63) is 63.7 Å². The first-order valence-electron chi connectivity index (χ1n) is 11.2. The fourth-order valence-electron chi connectivity index (χ4n) is 4.50. The second-order valence-electron chi connectivity index (χ2n) is 8.84. The molecule has 184 valence electrons. The Bertz CT molecular complexity index is 1370. The van der Waals surface area contributed by atoms with Crippen molar-refractivity contribution < 1.29 is 22.7 Å². The molecule has 2 N–H and O–H groups in total. The van der Waals surface area contributed by atoms with E-state index >= 15 is 4.39 Å². The molecule has 8 nitrogen and oxygen atoms in total. The van der Waals surface area contributed by atoms with Crippen LogP contribution in [0.3, 0.4) is 0 Å². The minimum absolute atomic E-state index is 0.00773. The molecule has 3 heterocycles. The van der Waals surface area contributed by atoms with E-state index in [-0.39, 0.29) is 29.3 Å². The highest BCUT2D eigenvalue weighted by molar-refractivity contribution is 6.00. The van der Waals surface area contributed by atoms with E-state index in [9.17, 15) is 18.4 Å². The summed E-state index contributed by atoms with van der Waals surface area (Å²) < 4.78 is 50.8. The molecule has 35 heavy (non-hydrogen) atoms. The normalized spacial score (nSPS) is 17.9. The standard InChI is InChI=1S/C24H24F3N5O3/c1-13-12-35-23-20-14(10-18(27)21(23)31-8-6-30(2)7-9-31)22(33)15(11-32(13)20)24(34)29-28-19-16(25)4-3-5-17(19)26/h3-5,10-11,13,28H,6-9,12H2,1-2H3,(H,29,34)/t13-/m0/s1. The van der Waals surface area contributed by atoms with E-state index in [1.54, 1.807) is 4.57 Å². The zero-order valence-corrected chi connectivity index (χ0v) is 19.2. The molecule has 3 aromatic rings. The van der Waals surface area contributed by atoms with Gasteiger partial charge in [-0.2, -0.15) is 0 Å². The summed E-state index contributed by atoms with van der Waals surface area (Å²) >= 11 is 0. The highest BCUT2D eigenvalue weighted by atomic mass is 19.1. The molecule has 1 amide bonds. The third-order valence-electron chi connectivity index (χ3n) is 6.47. The first kappa shape index (κ1) is 23.0. The number of carbonyl (C=O) groups excluding carboxylic acids is 1. The van der Waals surface area contributed by atoms with Gasteiger partial charge in [-0.05, 0) is 32.2 Å². The highest BCUT2D eigenvalue weighted by Gasteiger charge is 2.31. The number of nitrogens with one attached hydrogen (secondary N) is 2. The number of carbonyl (C=O) groups is 1. The van der Waals surface area contributed by atoms with Crippen LogP contribution in [0.25, 0.3) is 10.9 Å². The SMILES string of the molecule is C[C@H]1COc2c(N3CCN(C)CC3)c(F)cc3c(=O)c(C(=O)NNc4c(F)cccc4F)cn1c23. The van der Waals surface area contributed by atoms with Gasteiger partial charge in [0, 0.05) is 32.4 Å². The lowest BCUT2D eigenvalue weighted by Gasteiger charge is -2.37. The number of pyridine rings is 1. The molecule has 2 aliphatic heterocycles. The van der Waals surface area contributed by atoms with E-state index in [1.807, 2.05) is 18.9 Å². The summed E-state index contributed by atoms with van der Waals surface area (Å²) in [5.41, 5.74) is 3.49. The first-order chi connectivity index (χ1) is 16.8. The van der Waals surface area contributed by atoms with Crippen molar-refractivity contribution in [2.45, 2.75) is 13.0 Å². The first-order valence-corrected chi connectivity index (χ1v) is 11.2. The summed E-state index contributed by atoms with van der Waals surface area (Å²) in [6.45, 7) is 4.79. The number of hydrogen-bond acceptors (Lipinski definition) is 6. The van der Waals surface area contributed by atoms with Gasteiger partial charge in [0.2, 0.25) is 5.43 Å². The molecule has 0 unspecified atom stereocenters. The largest absolute Gasteiger partial charge is 0.487 e. The Kier molecular flexibility index (Phi) is 5.79. The van der Waals surface area contributed by atoms with E-state index in [0.29, 0.717) is 24.3 Å². The molecule has 0 bridgehead atoms. The molecular formula is C24H24F3N5O3. The van der Waals surface area contributed by atoms with Crippen molar-refractivity contribution in [1.82, 2.24) is 14.9 Å². The van der Waals surface area contributed by atoms with Gasteiger partial charge >= 0.3 is 0 Å². The predicted molar refractivity (Wildman–Crippen MR) is 126 cm³/mol. The van der Waals surface area contributed by atoms with E-state index in [0.717, 1.165) is 31.3 Å². The monoisotopic (exact) mass is 487 g/mol. The van der Waals surface area contributed by atoms with Crippen molar-refractivity contribution in [1.29, 1.82) is 0 Å². The second-order valence-corrected chi connectivity index (χ2v) is 8.84. The second kappa shape index (κ2) is 8.81. The maximum Gasteiger partial charge on any atom is 0.275 e. The van der Waals surface area contributed by atoms with Gasteiger partial charge in [-0.3, -0.25) is 20.4 Å². The maximum absolute atomic E-state index is 15.4.